The van der Waals surface area contributed by atoms with Gasteiger partial charge in [-0.2, -0.15) is 0 Å². The minimum absolute atomic E-state index is 0. The van der Waals surface area contributed by atoms with Crippen LogP contribution in [0, 0.1) is 0 Å². The third kappa shape index (κ3) is 4.84. The number of hydrogen-bond donors (Lipinski definition) is 2. The average Bonchev–Trinajstić information content (AvgIpc) is 2.72. The molecule has 3 N–H and O–H groups in total. The molecule has 1 saturated carbocycles. The number of aromatic nitrogens is 1. The standard InChI is InChI=1S/C21H26ClN3O2.ClH/c22-18-5-1-4-17(13-18)21(15-23)8-6-19(7-9-21)25(11-12-26)20(27)16-3-2-10-24-14-16;/h1-5,10,13-14,19,26H,6-9,11-12,15,23H2;1H/t19-,21+;. The molecule has 1 heterocycles. The molecule has 0 atom stereocenters. The SMILES string of the molecule is Cl.NC[C@]1(c2cccc(Cl)c2)CC[C@@H](N(CCO)C(=O)c2cccnc2)CC1. The highest BCUT2D eigenvalue weighted by atomic mass is 35.5. The van der Waals surface area contributed by atoms with Crippen LogP contribution in [0.4, 0.5) is 0 Å². The fourth-order valence-electron chi connectivity index (χ4n) is 4.11. The van der Waals surface area contributed by atoms with Crippen molar-refractivity contribution < 1.29 is 9.90 Å². The van der Waals surface area contributed by atoms with Crippen molar-refractivity contribution in [2.45, 2.75) is 37.1 Å². The van der Waals surface area contributed by atoms with Crippen molar-refractivity contribution in [1.29, 1.82) is 0 Å². The van der Waals surface area contributed by atoms with E-state index in [1.807, 2.05) is 18.2 Å². The fourth-order valence-corrected chi connectivity index (χ4v) is 4.30. The van der Waals surface area contributed by atoms with Crippen LogP contribution in [0.25, 0.3) is 0 Å². The largest absolute Gasteiger partial charge is 0.395 e. The normalized spacial score (nSPS) is 21.6. The summed E-state index contributed by atoms with van der Waals surface area (Å²) >= 11 is 6.19. The molecule has 2 aromatic rings. The van der Waals surface area contributed by atoms with Crippen LogP contribution in [0.15, 0.2) is 48.8 Å². The first kappa shape index (κ1) is 22.6. The number of aliphatic hydroxyl groups is 1. The Labute approximate surface area is 177 Å². The van der Waals surface area contributed by atoms with E-state index in [1.54, 1.807) is 29.4 Å². The molecular formula is C21H27Cl2N3O2. The van der Waals surface area contributed by atoms with Crippen LogP contribution in [0.5, 0.6) is 0 Å². The Hall–Kier alpha value is -1.66. The molecule has 3 rings (SSSR count). The van der Waals surface area contributed by atoms with Crippen LogP contribution >= 0.6 is 24.0 Å². The minimum atomic E-state index is -0.108. The number of nitrogens with zero attached hydrogens (tertiary/aromatic N) is 2. The third-order valence-corrected chi connectivity index (χ3v) is 5.93. The Morgan fingerprint density at radius 1 is 1.29 bits per heavy atom. The molecular weight excluding hydrogens is 397 g/mol. The van der Waals surface area contributed by atoms with Gasteiger partial charge in [-0.1, -0.05) is 23.7 Å². The molecule has 0 radical (unpaired) electrons. The molecule has 0 spiro atoms. The molecule has 0 unspecified atom stereocenters. The number of hydrogen-bond acceptors (Lipinski definition) is 4. The number of nitrogens with two attached hydrogens (primary N) is 1. The van der Waals surface area contributed by atoms with E-state index in [2.05, 4.69) is 11.1 Å². The van der Waals surface area contributed by atoms with Crippen molar-refractivity contribution >= 4 is 29.9 Å². The highest BCUT2D eigenvalue weighted by Gasteiger charge is 2.38. The molecule has 152 valence electrons. The molecule has 7 heteroatoms. The van der Waals surface area contributed by atoms with Gasteiger partial charge in [-0.3, -0.25) is 9.78 Å². The minimum Gasteiger partial charge on any atom is -0.395 e. The topological polar surface area (TPSA) is 79.5 Å². The van der Waals surface area contributed by atoms with Gasteiger partial charge in [-0.05, 0) is 55.5 Å². The molecule has 1 aliphatic carbocycles. The van der Waals surface area contributed by atoms with Gasteiger partial charge in [-0.25, -0.2) is 0 Å². The first-order valence-corrected chi connectivity index (χ1v) is 9.75. The van der Waals surface area contributed by atoms with Gasteiger partial charge in [0.2, 0.25) is 0 Å². The van der Waals surface area contributed by atoms with E-state index in [4.69, 9.17) is 17.3 Å². The quantitative estimate of drug-likeness (QED) is 0.745. The molecule has 1 aromatic carbocycles. The number of rotatable bonds is 6. The number of benzene rings is 1. The zero-order valence-electron chi connectivity index (χ0n) is 15.8. The highest BCUT2D eigenvalue weighted by molar-refractivity contribution is 6.30. The summed E-state index contributed by atoms with van der Waals surface area (Å²) in [6.07, 6.45) is 6.68. The molecule has 1 fully saturated rings. The summed E-state index contributed by atoms with van der Waals surface area (Å²) in [4.78, 5) is 18.7. The summed E-state index contributed by atoms with van der Waals surface area (Å²) in [5, 5.41) is 10.2. The summed E-state index contributed by atoms with van der Waals surface area (Å²) in [5.74, 6) is -0.0786. The first-order valence-electron chi connectivity index (χ1n) is 9.37. The van der Waals surface area contributed by atoms with Crippen LogP contribution < -0.4 is 5.73 Å². The fraction of sp³-hybridized carbons (Fsp3) is 0.429. The maximum Gasteiger partial charge on any atom is 0.255 e. The van der Waals surface area contributed by atoms with Crippen molar-refractivity contribution in [2.24, 2.45) is 5.73 Å². The Balaban J connectivity index is 0.00000280. The van der Waals surface area contributed by atoms with Gasteiger partial charge in [0.1, 0.15) is 0 Å². The van der Waals surface area contributed by atoms with Gasteiger partial charge >= 0.3 is 0 Å². The second-order valence-corrected chi connectivity index (χ2v) is 7.63. The second-order valence-electron chi connectivity index (χ2n) is 7.19. The Morgan fingerprint density at radius 3 is 2.61 bits per heavy atom. The molecule has 5 nitrogen and oxygen atoms in total. The van der Waals surface area contributed by atoms with Crippen molar-refractivity contribution in [3.05, 3.63) is 64.9 Å². The number of aliphatic hydroxyl groups excluding tert-OH is 1. The lowest BCUT2D eigenvalue weighted by atomic mass is 9.68. The molecule has 1 amide bonds. The average molecular weight is 424 g/mol. The maximum absolute atomic E-state index is 12.9. The Kier molecular flexibility index (Phi) is 8.25. The van der Waals surface area contributed by atoms with Gasteiger partial charge in [0.25, 0.3) is 5.91 Å². The van der Waals surface area contributed by atoms with Crippen molar-refractivity contribution in [2.75, 3.05) is 19.7 Å². The van der Waals surface area contributed by atoms with E-state index in [0.29, 0.717) is 18.7 Å². The van der Waals surface area contributed by atoms with Gasteiger partial charge in [0.15, 0.2) is 0 Å². The predicted octanol–water partition coefficient (Wildman–Crippen LogP) is 3.43. The summed E-state index contributed by atoms with van der Waals surface area (Å²) in [6, 6.07) is 11.5. The van der Waals surface area contributed by atoms with Crippen LogP contribution in [0.2, 0.25) is 5.02 Å². The lowest BCUT2D eigenvalue weighted by Gasteiger charge is -2.43. The maximum atomic E-state index is 12.9. The summed E-state index contributed by atoms with van der Waals surface area (Å²) in [6.45, 7) is 0.820. The number of pyridine rings is 1. The van der Waals surface area contributed by atoms with Crippen molar-refractivity contribution in [3.8, 4) is 0 Å². The zero-order valence-corrected chi connectivity index (χ0v) is 17.3. The number of carbonyl (C=O) groups excluding carboxylic acids is 1. The summed E-state index contributed by atoms with van der Waals surface area (Å²) in [7, 11) is 0. The Morgan fingerprint density at radius 2 is 2.04 bits per heavy atom. The number of amides is 1. The van der Waals surface area contributed by atoms with Crippen molar-refractivity contribution in [1.82, 2.24) is 9.88 Å². The molecule has 0 bridgehead atoms. The molecule has 0 aliphatic heterocycles. The predicted molar refractivity (Wildman–Crippen MR) is 114 cm³/mol. The van der Waals surface area contributed by atoms with E-state index < -0.39 is 0 Å². The second kappa shape index (κ2) is 10.2. The Bertz CT molecular complexity index is 765. The van der Waals surface area contributed by atoms with Crippen LogP contribution in [0.1, 0.15) is 41.6 Å². The van der Waals surface area contributed by atoms with Crippen LogP contribution in [0.3, 0.4) is 0 Å². The number of halogens is 2. The van der Waals surface area contributed by atoms with Gasteiger partial charge in [-0.15, -0.1) is 12.4 Å². The first-order chi connectivity index (χ1) is 13.1. The van der Waals surface area contributed by atoms with Gasteiger partial charge < -0.3 is 15.7 Å². The molecule has 28 heavy (non-hydrogen) atoms. The van der Waals surface area contributed by atoms with Crippen molar-refractivity contribution in [3.63, 3.8) is 0 Å². The van der Waals surface area contributed by atoms with E-state index in [-0.39, 0.29) is 36.4 Å². The molecule has 1 aliphatic rings. The lowest BCUT2D eigenvalue weighted by molar-refractivity contribution is 0.0543. The highest BCUT2D eigenvalue weighted by Crippen LogP contribution is 2.41. The van der Waals surface area contributed by atoms with E-state index in [1.165, 1.54) is 5.56 Å². The smallest absolute Gasteiger partial charge is 0.255 e. The lowest BCUT2D eigenvalue weighted by Crippen LogP contribution is -2.48. The third-order valence-electron chi connectivity index (χ3n) is 5.69. The van der Waals surface area contributed by atoms with Crippen LogP contribution in [-0.4, -0.2) is 46.6 Å². The summed E-state index contributed by atoms with van der Waals surface area (Å²) in [5.41, 5.74) is 7.79. The number of carbonyl (C=O) groups is 1. The van der Waals surface area contributed by atoms with E-state index >= 15 is 0 Å². The summed E-state index contributed by atoms with van der Waals surface area (Å²) < 4.78 is 0. The van der Waals surface area contributed by atoms with Gasteiger partial charge in [0, 0.05) is 42.0 Å². The molecule has 0 saturated heterocycles. The van der Waals surface area contributed by atoms with Gasteiger partial charge in [0.05, 0.1) is 12.2 Å². The van der Waals surface area contributed by atoms with E-state index in [0.717, 1.165) is 30.7 Å². The zero-order chi connectivity index (χ0) is 19.3. The van der Waals surface area contributed by atoms with E-state index in [9.17, 15) is 9.90 Å². The molecule has 1 aromatic heterocycles. The monoisotopic (exact) mass is 423 g/mol. The van der Waals surface area contributed by atoms with Crippen LogP contribution in [-0.2, 0) is 5.41 Å².